The van der Waals surface area contributed by atoms with Crippen molar-refractivity contribution in [2.24, 2.45) is 4.99 Å². The molecule has 0 aliphatic rings. The number of nitrogens with zero attached hydrogens (tertiary/aromatic N) is 1. The molecule has 6 nitrogen and oxygen atoms in total. The Kier molecular flexibility index (Phi) is 11.7. The minimum absolute atomic E-state index is 0. The van der Waals surface area contributed by atoms with Gasteiger partial charge in [0, 0.05) is 47.4 Å². The molecule has 1 atom stereocenters. The third-order valence-corrected chi connectivity index (χ3v) is 5.05. The molecule has 0 aliphatic carbocycles. The van der Waals surface area contributed by atoms with Gasteiger partial charge in [-0.3, -0.25) is 9.79 Å². The van der Waals surface area contributed by atoms with Gasteiger partial charge in [0.25, 0.3) is 5.91 Å². The standard InChI is InChI=1S/C21H30N4O2S.HI/c1-4-22-21(25-15(2)13-19-10-9-16(3)28-19)24-12-6-11-23-20(27)17-7-5-8-18(26)14-17;/h5,7-10,14-15,26H,4,6,11-13H2,1-3H3,(H,23,27)(H2,22,24,25);1H. The highest BCUT2D eigenvalue weighted by atomic mass is 127. The van der Waals surface area contributed by atoms with Crippen molar-refractivity contribution >= 4 is 47.2 Å². The van der Waals surface area contributed by atoms with E-state index in [4.69, 9.17) is 0 Å². The van der Waals surface area contributed by atoms with Crippen LogP contribution in [0, 0.1) is 6.92 Å². The van der Waals surface area contributed by atoms with Crippen LogP contribution in [-0.2, 0) is 6.42 Å². The van der Waals surface area contributed by atoms with Crippen LogP contribution in [0.2, 0.25) is 0 Å². The summed E-state index contributed by atoms with van der Waals surface area (Å²) in [5.41, 5.74) is 0.455. The van der Waals surface area contributed by atoms with Gasteiger partial charge in [0.15, 0.2) is 5.96 Å². The number of thiophene rings is 1. The number of aryl methyl sites for hydroxylation is 1. The molecule has 2 rings (SSSR count). The number of guanidine groups is 1. The number of benzene rings is 1. The zero-order chi connectivity index (χ0) is 20.4. The van der Waals surface area contributed by atoms with Gasteiger partial charge in [-0.2, -0.15) is 0 Å². The van der Waals surface area contributed by atoms with Crippen molar-refractivity contribution in [3.8, 4) is 5.75 Å². The van der Waals surface area contributed by atoms with E-state index in [0.717, 1.165) is 25.3 Å². The van der Waals surface area contributed by atoms with Gasteiger partial charge >= 0.3 is 0 Å². The van der Waals surface area contributed by atoms with E-state index in [1.54, 1.807) is 18.2 Å². The second kappa shape index (κ2) is 13.4. The fraction of sp³-hybridized carbons (Fsp3) is 0.429. The monoisotopic (exact) mass is 530 g/mol. The van der Waals surface area contributed by atoms with Crippen LogP contribution in [-0.4, -0.2) is 42.6 Å². The SMILES string of the molecule is CCNC(=NCCCNC(=O)c1cccc(O)c1)NC(C)Cc1ccc(C)s1.I. The first-order chi connectivity index (χ1) is 13.5. The number of phenols is 1. The zero-order valence-corrected chi connectivity index (χ0v) is 20.3. The first kappa shape index (κ1) is 25.2. The number of amides is 1. The van der Waals surface area contributed by atoms with E-state index in [-0.39, 0.29) is 41.7 Å². The van der Waals surface area contributed by atoms with E-state index in [2.05, 4.69) is 46.9 Å². The van der Waals surface area contributed by atoms with Crippen LogP contribution >= 0.6 is 35.3 Å². The number of halogens is 1. The van der Waals surface area contributed by atoms with E-state index in [1.807, 2.05) is 18.3 Å². The first-order valence-electron chi connectivity index (χ1n) is 9.65. The second-order valence-corrected chi connectivity index (χ2v) is 8.05. The molecule has 0 radical (unpaired) electrons. The van der Waals surface area contributed by atoms with Gasteiger partial charge in [0.2, 0.25) is 0 Å². The molecule has 0 bridgehead atoms. The number of nitrogens with one attached hydrogen (secondary N) is 3. The summed E-state index contributed by atoms with van der Waals surface area (Å²) in [6.07, 6.45) is 1.70. The molecule has 0 aliphatic heterocycles. The minimum atomic E-state index is -0.190. The number of hydrogen-bond acceptors (Lipinski definition) is 4. The van der Waals surface area contributed by atoms with Gasteiger partial charge in [-0.15, -0.1) is 35.3 Å². The summed E-state index contributed by atoms with van der Waals surface area (Å²) in [5.74, 6) is 0.692. The summed E-state index contributed by atoms with van der Waals surface area (Å²) in [5, 5.41) is 19.0. The largest absolute Gasteiger partial charge is 0.508 e. The predicted molar refractivity (Wildman–Crippen MR) is 132 cm³/mol. The minimum Gasteiger partial charge on any atom is -0.508 e. The van der Waals surface area contributed by atoms with Crippen molar-refractivity contribution in [2.45, 2.75) is 39.7 Å². The maximum absolute atomic E-state index is 12.0. The average molecular weight is 530 g/mol. The van der Waals surface area contributed by atoms with Crippen LogP contribution in [0.5, 0.6) is 5.75 Å². The number of phenolic OH excluding ortho intramolecular Hbond substituents is 1. The number of carbonyl (C=O) groups is 1. The number of hydrogen-bond donors (Lipinski definition) is 4. The van der Waals surface area contributed by atoms with Gasteiger partial charge in [-0.25, -0.2) is 0 Å². The predicted octanol–water partition coefficient (Wildman–Crippen LogP) is 3.69. The Hall–Kier alpha value is -1.81. The molecule has 29 heavy (non-hydrogen) atoms. The number of aliphatic imine (C=N–C) groups is 1. The first-order valence-corrected chi connectivity index (χ1v) is 10.5. The summed E-state index contributed by atoms with van der Waals surface area (Å²) in [7, 11) is 0. The van der Waals surface area contributed by atoms with Gasteiger partial charge < -0.3 is 21.1 Å². The highest BCUT2D eigenvalue weighted by Crippen LogP contribution is 2.16. The average Bonchev–Trinajstić information content (AvgIpc) is 3.05. The molecule has 1 amide bonds. The summed E-state index contributed by atoms with van der Waals surface area (Å²) in [6, 6.07) is 10.9. The highest BCUT2D eigenvalue weighted by Gasteiger charge is 2.08. The van der Waals surface area contributed by atoms with Crippen molar-refractivity contribution in [3.63, 3.8) is 0 Å². The third-order valence-electron chi connectivity index (χ3n) is 4.03. The molecule has 0 saturated carbocycles. The molecule has 2 aromatic rings. The lowest BCUT2D eigenvalue weighted by Gasteiger charge is -2.17. The molecule has 1 aromatic carbocycles. The van der Waals surface area contributed by atoms with Gasteiger partial charge in [0.05, 0.1) is 0 Å². The lowest BCUT2D eigenvalue weighted by atomic mass is 10.2. The van der Waals surface area contributed by atoms with Crippen molar-refractivity contribution in [2.75, 3.05) is 19.6 Å². The molecule has 8 heteroatoms. The topological polar surface area (TPSA) is 85.8 Å². The summed E-state index contributed by atoms with van der Waals surface area (Å²) >= 11 is 1.83. The van der Waals surface area contributed by atoms with Crippen LogP contribution < -0.4 is 16.0 Å². The van der Waals surface area contributed by atoms with Crippen molar-refractivity contribution in [1.29, 1.82) is 0 Å². The Balaban J connectivity index is 0.00000420. The Labute approximate surface area is 194 Å². The third kappa shape index (κ3) is 9.49. The smallest absolute Gasteiger partial charge is 0.251 e. The molecule has 160 valence electrons. The molecule has 4 N–H and O–H groups in total. The van der Waals surface area contributed by atoms with Crippen LogP contribution in [0.15, 0.2) is 41.4 Å². The van der Waals surface area contributed by atoms with Crippen LogP contribution in [0.25, 0.3) is 0 Å². The molecule has 1 heterocycles. The lowest BCUT2D eigenvalue weighted by molar-refractivity contribution is 0.0953. The maximum atomic E-state index is 12.0. The summed E-state index contributed by atoms with van der Waals surface area (Å²) in [4.78, 5) is 19.3. The molecule has 1 unspecified atom stereocenters. The van der Waals surface area contributed by atoms with Gasteiger partial charge in [-0.05, 0) is 57.5 Å². The van der Waals surface area contributed by atoms with E-state index in [1.165, 1.54) is 15.8 Å². The van der Waals surface area contributed by atoms with E-state index >= 15 is 0 Å². The number of rotatable bonds is 9. The van der Waals surface area contributed by atoms with Crippen LogP contribution in [0.1, 0.15) is 40.4 Å². The second-order valence-electron chi connectivity index (χ2n) is 6.68. The Bertz CT molecular complexity index is 794. The Morgan fingerprint density at radius 3 is 2.69 bits per heavy atom. The van der Waals surface area contributed by atoms with Crippen molar-refractivity contribution in [1.82, 2.24) is 16.0 Å². The molecular weight excluding hydrogens is 499 g/mol. The number of aromatic hydroxyl groups is 1. The Morgan fingerprint density at radius 2 is 2.03 bits per heavy atom. The summed E-state index contributed by atoms with van der Waals surface area (Å²) in [6.45, 7) is 8.25. The molecular formula is C21H31IN4O2S. The molecule has 1 aromatic heterocycles. The number of carbonyl (C=O) groups excluding carboxylic acids is 1. The zero-order valence-electron chi connectivity index (χ0n) is 17.2. The Morgan fingerprint density at radius 1 is 1.24 bits per heavy atom. The van der Waals surface area contributed by atoms with Crippen molar-refractivity contribution < 1.29 is 9.90 Å². The van der Waals surface area contributed by atoms with E-state index in [9.17, 15) is 9.90 Å². The van der Waals surface area contributed by atoms with Crippen LogP contribution in [0.3, 0.4) is 0 Å². The van der Waals surface area contributed by atoms with Crippen LogP contribution in [0.4, 0.5) is 0 Å². The fourth-order valence-electron chi connectivity index (χ4n) is 2.72. The highest BCUT2D eigenvalue weighted by molar-refractivity contribution is 14.0. The van der Waals surface area contributed by atoms with Gasteiger partial charge in [-0.1, -0.05) is 6.07 Å². The normalized spacial score (nSPS) is 12.0. The quantitative estimate of drug-likeness (QED) is 0.173. The van der Waals surface area contributed by atoms with Crippen molar-refractivity contribution in [3.05, 3.63) is 51.7 Å². The molecule has 0 saturated heterocycles. The molecule has 0 spiro atoms. The lowest BCUT2D eigenvalue weighted by Crippen LogP contribution is -2.43. The van der Waals surface area contributed by atoms with Gasteiger partial charge in [0.1, 0.15) is 5.75 Å². The molecule has 0 fully saturated rings. The summed E-state index contributed by atoms with van der Waals surface area (Å²) < 4.78 is 0. The maximum Gasteiger partial charge on any atom is 0.251 e. The van der Waals surface area contributed by atoms with E-state index < -0.39 is 0 Å². The van der Waals surface area contributed by atoms with E-state index in [0.29, 0.717) is 18.7 Å². The fourth-order valence-corrected chi connectivity index (χ4v) is 3.74.